The van der Waals surface area contributed by atoms with Gasteiger partial charge in [0.25, 0.3) is 0 Å². The number of benzene rings is 2. The van der Waals surface area contributed by atoms with Crippen molar-refractivity contribution < 1.29 is 0 Å². The Bertz CT molecular complexity index is 656. The number of guanidine groups is 1. The van der Waals surface area contributed by atoms with Crippen molar-refractivity contribution in [2.45, 2.75) is 18.9 Å². The predicted octanol–water partition coefficient (Wildman–Crippen LogP) is 4.67. The van der Waals surface area contributed by atoms with E-state index in [1.165, 1.54) is 21.1 Å². The Labute approximate surface area is 175 Å². The molecule has 5 heteroatoms. The standard InChI is InChI=1S/C19H22IN3.HI/c1-23-14-6-5-13-21-19(23)22-18(15-7-3-2-4-8-15)16-9-11-17(20)12-10-16;/h2-4,7-12,18H,5-6,13-14H2,1H3,(H,21,22);1H. The van der Waals surface area contributed by atoms with E-state index in [9.17, 15) is 0 Å². The topological polar surface area (TPSA) is 27.6 Å². The molecule has 1 aliphatic heterocycles. The highest BCUT2D eigenvalue weighted by Crippen LogP contribution is 2.23. The molecule has 0 amide bonds. The van der Waals surface area contributed by atoms with Crippen LogP contribution in [0.25, 0.3) is 0 Å². The molecule has 128 valence electrons. The van der Waals surface area contributed by atoms with E-state index in [0.29, 0.717) is 0 Å². The van der Waals surface area contributed by atoms with Crippen molar-refractivity contribution >= 4 is 52.5 Å². The number of aliphatic imine (C=N–C) groups is 1. The molecule has 0 aliphatic carbocycles. The van der Waals surface area contributed by atoms with Gasteiger partial charge in [0.2, 0.25) is 0 Å². The maximum Gasteiger partial charge on any atom is 0.194 e. The van der Waals surface area contributed by atoms with Crippen LogP contribution in [0.1, 0.15) is 30.0 Å². The lowest BCUT2D eigenvalue weighted by Gasteiger charge is -2.27. The zero-order valence-electron chi connectivity index (χ0n) is 13.8. The molecular formula is C19H23I2N3. The Kier molecular flexibility index (Phi) is 7.80. The zero-order chi connectivity index (χ0) is 16.1. The van der Waals surface area contributed by atoms with Gasteiger partial charge in [-0.1, -0.05) is 42.5 Å². The van der Waals surface area contributed by atoms with Gasteiger partial charge in [0.15, 0.2) is 5.96 Å². The predicted molar refractivity (Wildman–Crippen MR) is 120 cm³/mol. The number of halogens is 2. The second-order valence-corrected chi connectivity index (χ2v) is 7.12. The summed E-state index contributed by atoms with van der Waals surface area (Å²) in [6.07, 6.45) is 2.36. The normalized spacial score (nSPS) is 15.8. The average Bonchev–Trinajstić information content (AvgIpc) is 2.79. The van der Waals surface area contributed by atoms with Crippen molar-refractivity contribution in [2.24, 2.45) is 4.99 Å². The molecular weight excluding hydrogens is 524 g/mol. The lowest BCUT2D eigenvalue weighted by Crippen LogP contribution is -2.41. The largest absolute Gasteiger partial charge is 0.346 e. The summed E-state index contributed by atoms with van der Waals surface area (Å²) in [6.45, 7) is 1.96. The van der Waals surface area contributed by atoms with Gasteiger partial charge in [-0.2, -0.15) is 0 Å². The number of nitrogens with one attached hydrogen (secondary N) is 1. The molecule has 1 unspecified atom stereocenters. The molecule has 0 fully saturated rings. The van der Waals surface area contributed by atoms with Crippen LogP contribution in [0.3, 0.4) is 0 Å². The summed E-state index contributed by atoms with van der Waals surface area (Å²) in [5.41, 5.74) is 2.52. The van der Waals surface area contributed by atoms with Gasteiger partial charge in [0.05, 0.1) is 6.04 Å². The first-order valence-electron chi connectivity index (χ1n) is 8.06. The molecule has 24 heavy (non-hydrogen) atoms. The van der Waals surface area contributed by atoms with E-state index in [1.54, 1.807) is 0 Å². The van der Waals surface area contributed by atoms with E-state index < -0.39 is 0 Å². The number of nitrogens with zero attached hydrogens (tertiary/aromatic N) is 2. The molecule has 0 aromatic heterocycles. The van der Waals surface area contributed by atoms with Crippen LogP contribution in [-0.4, -0.2) is 31.0 Å². The second kappa shape index (κ2) is 9.60. The molecule has 0 bridgehead atoms. The Hall–Kier alpha value is -0.830. The third kappa shape index (κ3) is 5.08. The van der Waals surface area contributed by atoms with E-state index in [0.717, 1.165) is 25.5 Å². The Morgan fingerprint density at radius 3 is 2.38 bits per heavy atom. The lowest BCUT2D eigenvalue weighted by molar-refractivity contribution is 0.472. The monoisotopic (exact) mass is 547 g/mol. The van der Waals surface area contributed by atoms with Gasteiger partial charge >= 0.3 is 0 Å². The second-order valence-electron chi connectivity index (χ2n) is 5.87. The van der Waals surface area contributed by atoms with Crippen LogP contribution in [0.5, 0.6) is 0 Å². The average molecular weight is 547 g/mol. The van der Waals surface area contributed by atoms with E-state index in [1.807, 2.05) is 0 Å². The molecule has 1 aliphatic rings. The summed E-state index contributed by atoms with van der Waals surface area (Å²) in [5.74, 6) is 0.995. The summed E-state index contributed by atoms with van der Waals surface area (Å²) < 4.78 is 1.25. The molecule has 0 saturated heterocycles. The first-order valence-corrected chi connectivity index (χ1v) is 9.14. The Morgan fingerprint density at radius 2 is 1.67 bits per heavy atom. The molecule has 0 saturated carbocycles. The maximum absolute atomic E-state index is 4.74. The van der Waals surface area contributed by atoms with Crippen LogP contribution >= 0.6 is 46.6 Å². The van der Waals surface area contributed by atoms with Crippen LogP contribution in [0.15, 0.2) is 59.6 Å². The Morgan fingerprint density at radius 1 is 1.00 bits per heavy atom. The molecule has 3 rings (SSSR count). The highest BCUT2D eigenvalue weighted by atomic mass is 127. The van der Waals surface area contributed by atoms with Crippen molar-refractivity contribution in [3.63, 3.8) is 0 Å². The zero-order valence-corrected chi connectivity index (χ0v) is 18.3. The van der Waals surface area contributed by atoms with Crippen LogP contribution in [0.4, 0.5) is 0 Å². The summed E-state index contributed by atoms with van der Waals surface area (Å²) >= 11 is 2.35. The third-order valence-electron chi connectivity index (χ3n) is 4.13. The van der Waals surface area contributed by atoms with E-state index in [2.05, 4.69) is 94.5 Å². The Balaban J connectivity index is 0.00000208. The molecule has 0 radical (unpaired) electrons. The van der Waals surface area contributed by atoms with Crippen LogP contribution < -0.4 is 5.32 Å². The van der Waals surface area contributed by atoms with Crippen molar-refractivity contribution in [3.8, 4) is 0 Å². The molecule has 0 spiro atoms. The number of hydrogen-bond donors (Lipinski definition) is 1. The molecule has 1 atom stereocenters. The number of hydrogen-bond acceptors (Lipinski definition) is 3. The van der Waals surface area contributed by atoms with Crippen LogP contribution in [-0.2, 0) is 0 Å². The van der Waals surface area contributed by atoms with E-state index in [-0.39, 0.29) is 30.0 Å². The number of rotatable bonds is 3. The SMILES string of the molecule is CN1CCCCN=C1NC(c1ccccc1)c1ccc(I)cc1.I. The van der Waals surface area contributed by atoms with Gasteiger partial charge in [-0.05, 0) is 58.7 Å². The lowest BCUT2D eigenvalue weighted by atomic mass is 9.99. The first kappa shape index (κ1) is 19.5. The first-order chi connectivity index (χ1) is 11.2. The van der Waals surface area contributed by atoms with Crippen molar-refractivity contribution in [3.05, 3.63) is 69.3 Å². The molecule has 2 aromatic rings. The maximum atomic E-state index is 4.74. The fraction of sp³-hybridized carbons (Fsp3) is 0.316. The fourth-order valence-corrected chi connectivity index (χ4v) is 3.18. The van der Waals surface area contributed by atoms with Gasteiger partial charge in [-0.3, -0.25) is 4.99 Å². The smallest absolute Gasteiger partial charge is 0.194 e. The summed E-state index contributed by atoms with van der Waals surface area (Å²) in [5, 5.41) is 3.67. The molecule has 2 aromatic carbocycles. The molecule has 3 nitrogen and oxygen atoms in total. The fourth-order valence-electron chi connectivity index (χ4n) is 2.82. The van der Waals surface area contributed by atoms with Gasteiger partial charge in [0.1, 0.15) is 0 Å². The summed E-state index contributed by atoms with van der Waals surface area (Å²) in [6, 6.07) is 19.4. The van der Waals surface area contributed by atoms with Crippen molar-refractivity contribution in [1.29, 1.82) is 0 Å². The third-order valence-corrected chi connectivity index (χ3v) is 4.85. The minimum atomic E-state index is 0. The van der Waals surface area contributed by atoms with Gasteiger partial charge in [-0.25, -0.2) is 0 Å². The summed E-state index contributed by atoms with van der Waals surface area (Å²) in [7, 11) is 2.12. The van der Waals surface area contributed by atoms with Crippen molar-refractivity contribution in [2.75, 3.05) is 20.1 Å². The van der Waals surface area contributed by atoms with Gasteiger partial charge in [0, 0.05) is 23.7 Å². The van der Waals surface area contributed by atoms with Gasteiger partial charge < -0.3 is 10.2 Å². The molecule has 1 N–H and O–H groups in total. The minimum absolute atomic E-state index is 0. The highest BCUT2D eigenvalue weighted by molar-refractivity contribution is 14.1. The quantitative estimate of drug-likeness (QED) is 0.567. The highest BCUT2D eigenvalue weighted by Gasteiger charge is 2.18. The molecule has 1 heterocycles. The van der Waals surface area contributed by atoms with E-state index in [4.69, 9.17) is 4.99 Å². The minimum Gasteiger partial charge on any atom is -0.346 e. The van der Waals surface area contributed by atoms with Crippen LogP contribution in [0, 0.1) is 3.57 Å². The van der Waals surface area contributed by atoms with Crippen molar-refractivity contribution in [1.82, 2.24) is 10.2 Å². The van der Waals surface area contributed by atoms with Gasteiger partial charge in [-0.15, -0.1) is 24.0 Å². The van der Waals surface area contributed by atoms with Crippen LogP contribution in [0.2, 0.25) is 0 Å². The summed E-state index contributed by atoms with van der Waals surface area (Å²) in [4.78, 5) is 6.97. The van der Waals surface area contributed by atoms with E-state index >= 15 is 0 Å².